The Bertz CT molecular complexity index is 651. The predicted molar refractivity (Wildman–Crippen MR) is 68.6 cm³/mol. The van der Waals surface area contributed by atoms with Crippen LogP contribution in [0.2, 0.25) is 0 Å². The van der Waals surface area contributed by atoms with Crippen LogP contribution in [0.1, 0.15) is 34.9 Å². The van der Waals surface area contributed by atoms with Crippen LogP contribution in [-0.2, 0) is 0 Å². The van der Waals surface area contributed by atoms with E-state index in [9.17, 15) is 14.3 Å². The van der Waals surface area contributed by atoms with Crippen molar-refractivity contribution >= 4 is 16.9 Å². The van der Waals surface area contributed by atoms with Gasteiger partial charge in [0.15, 0.2) is 0 Å². The smallest absolute Gasteiger partial charge is 0.336 e. The Hall–Kier alpha value is -2.01. The van der Waals surface area contributed by atoms with Gasteiger partial charge in [0.2, 0.25) is 0 Å². The third-order valence-electron chi connectivity index (χ3n) is 3.46. The minimum atomic E-state index is -1.06. The summed E-state index contributed by atoms with van der Waals surface area (Å²) in [6, 6.07) is 5.95. The first-order chi connectivity index (χ1) is 9.16. The summed E-state index contributed by atoms with van der Waals surface area (Å²) in [5, 5.41) is 12.9. The highest BCUT2D eigenvalue weighted by Crippen LogP contribution is 2.27. The van der Waals surface area contributed by atoms with Crippen molar-refractivity contribution in [1.29, 1.82) is 0 Å². The number of carboxylic acids is 1. The summed E-state index contributed by atoms with van der Waals surface area (Å²) in [5.41, 5.74) is 0.840. The van der Waals surface area contributed by atoms with Gasteiger partial charge in [-0.3, -0.25) is 0 Å². The summed E-state index contributed by atoms with van der Waals surface area (Å²) >= 11 is 0. The SMILES string of the molecule is O=C(O)c1cc(C2CCCN2)nc2c(F)cccc12. The quantitative estimate of drug-likeness (QED) is 0.870. The highest BCUT2D eigenvalue weighted by Gasteiger charge is 2.21. The molecule has 19 heavy (non-hydrogen) atoms. The summed E-state index contributed by atoms with van der Waals surface area (Å²) < 4.78 is 13.8. The van der Waals surface area contributed by atoms with Gasteiger partial charge in [0.25, 0.3) is 0 Å². The Morgan fingerprint density at radius 3 is 3.00 bits per heavy atom. The minimum Gasteiger partial charge on any atom is -0.478 e. The molecule has 1 aromatic carbocycles. The first-order valence-electron chi connectivity index (χ1n) is 6.22. The van der Waals surface area contributed by atoms with Crippen molar-refractivity contribution < 1.29 is 14.3 Å². The molecule has 1 fully saturated rings. The summed E-state index contributed by atoms with van der Waals surface area (Å²) in [7, 11) is 0. The van der Waals surface area contributed by atoms with Crippen molar-refractivity contribution in [3.8, 4) is 0 Å². The Balaban J connectivity index is 2.25. The lowest BCUT2D eigenvalue weighted by Gasteiger charge is -2.12. The van der Waals surface area contributed by atoms with Crippen molar-refractivity contribution in [2.24, 2.45) is 0 Å². The van der Waals surface area contributed by atoms with Gasteiger partial charge in [-0.15, -0.1) is 0 Å². The van der Waals surface area contributed by atoms with E-state index in [0.29, 0.717) is 11.1 Å². The Morgan fingerprint density at radius 2 is 2.32 bits per heavy atom. The summed E-state index contributed by atoms with van der Waals surface area (Å²) in [6.07, 6.45) is 1.91. The van der Waals surface area contributed by atoms with Crippen LogP contribution < -0.4 is 5.32 Å². The predicted octanol–water partition coefficient (Wildman–Crippen LogP) is 2.50. The van der Waals surface area contributed by atoms with Crippen LogP contribution in [0.4, 0.5) is 4.39 Å². The van der Waals surface area contributed by atoms with E-state index >= 15 is 0 Å². The molecule has 1 aliphatic rings. The number of nitrogens with one attached hydrogen (secondary N) is 1. The Labute approximate surface area is 109 Å². The van der Waals surface area contributed by atoms with Crippen molar-refractivity contribution in [3.05, 3.63) is 41.3 Å². The number of fused-ring (bicyclic) bond motifs is 1. The van der Waals surface area contributed by atoms with E-state index in [1.54, 1.807) is 12.1 Å². The molecule has 2 heterocycles. The second kappa shape index (κ2) is 4.59. The molecule has 1 unspecified atom stereocenters. The molecule has 1 saturated heterocycles. The zero-order valence-electron chi connectivity index (χ0n) is 10.2. The molecule has 2 aromatic rings. The van der Waals surface area contributed by atoms with E-state index in [-0.39, 0.29) is 17.1 Å². The molecule has 5 heteroatoms. The van der Waals surface area contributed by atoms with Crippen LogP contribution in [0.15, 0.2) is 24.3 Å². The van der Waals surface area contributed by atoms with Crippen LogP contribution in [0.3, 0.4) is 0 Å². The molecule has 0 spiro atoms. The molecule has 0 amide bonds. The zero-order valence-corrected chi connectivity index (χ0v) is 10.2. The minimum absolute atomic E-state index is 0.0158. The average molecular weight is 260 g/mol. The number of rotatable bonds is 2. The maximum Gasteiger partial charge on any atom is 0.336 e. The molecule has 0 radical (unpaired) electrons. The second-order valence-electron chi connectivity index (χ2n) is 4.68. The number of aromatic carboxylic acids is 1. The molecule has 0 saturated carbocycles. The number of halogens is 1. The number of hydrogen-bond acceptors (Lipinski definition) is 3. The van der Waals surface area contributed by atoms with Crippen molar-refractivity contribution in [1.82, 2.24) is 10.3 Å². The maximum atomic E-state index is 13.8. The van der Waals surface area contributed by atoms with Crippen molar-refractivity contribution in [2.45, 2.75) is 18.9 Å². The van der Waals surface area contributed by atoms with Crippen LogP contribution in [-0.4, -0.2) is 22.6 Å². The molecular weight excluding hydrogens is 247 g/mol. The number of nitrogens with zero attached hydrogens (tertiary/aromatic N) is 1. The van der Waals surface area contributed by atoms with E-state index in [2.05, 4.69) is 10.3 Å². The lowest BCUT2D eigenvalue weighted by Crippen LogP contribution is -2.15. The highest BCUT2D eigenvalue weighted by atomic mass is 19.1. The van der Waals surface area contributed by atoms with Gasteiger partial charge in [-0.05, 0) is 31.5 Å². The lowest BCUT2D eigenvalue weighted by molar-refractivity contribution is 0.0699. The van der Waals surface area contributed by atoms with Gasteiger partial charge in [-0.2, -0.15) is 0 Å². The fourth-order valence-electron chi connectivity index (χ4n) is 2.53. The Morgan fingerprint density at radius 1 is 1.47 bits per heavy atom. The largest absolute Gasteiger partial charge is 0.478 e. The fourth-order valence-corrected chi connectivity index (χ4v) is 2.53. The van der Waals surface area contributed by atoms with Crippen LogP contribution in [0, 0.1) is 5.82 Å². The van der Waals surface area contributed by atoms with Crippen LogP contribution in [0.5, 0.6) is 0 Å². The summed E-state index contributed by atoms with van der Waals surface area (Å²) in [5.74, 6) is -1.54. The number of carbonyl (C=O) groups is 1. The number of pyridine rings is 1. The molecule has 1 aromatic heterocycles. The fraction of sp³-hybridized carbons (Fsp3) is 0.286. The average Bonchev–Trinajstić information content (AvgIpc) is 2.92. The van der Waals surface area contributed by atoms with Gasteiger partial charge < -0.3 is 10.4 Å². The van der Waals surface area contributed by atoms with E-state index in [1.165, 1.54) is 12.1 Å². The molecule has 1 aliphatic heterocycles. The molecular formula is C14H13FN2O2. The third-order valence-corrected chi connectivity index (χ3v) is 3.46. The second-order valence-corrected chi connectivity index (χ2v) is 4.68. The van der Waals surface area contributed by atoms with E-state index in [0.717, 1.165) is 19.4 Å². The molecule has 0 bridgehead atoms. The molecule has 0 aliphatic carbocycles. The standard InChI is InChI=1S/C14H13FN2O2/c15-10-4-1-3-8-9(14(18)19)7-12(17-13(8)10)11-5-2-6-16-11/h1,3-4,7,11,16H,2,5-6H2,(H,18,19). The zero-order chi connectivity index (χ0) is 13.4. The lowest BCUT2D eigenvalue weighted by atomic mass is 10.0. The maximum absolute atomic E-state index is 13.8. The monoisotopic (exact) mass is 260 g/mol. The molecule has 98 valence electrons. The van der Waals surface area contributed by atoms with Crippen molar-refractivity contribution in [3.63, 3.8) is 0 Å². The molecule has 4 nitrogen and oxygen atoms in total. The number of hydrogen-bond donors (Lipinski definition) is 2. The number of carboxylic acid groups (broad SMARTS) is 1. The summed E-state index contributed by atoms with van der Waals surface area (Å²) in [4.78, 5) is 15.6. The molecule has 1 atom stereocenters. The van der Waals surface area contributed by atoms with Gasteiger partial charge in [0, 0.05) is 11.4 Å². The van der Waals surface area contributed by atoms with Gasteiger partial charge in [-0.1, -0.05) is 12.1 Å². The van der Waals surface area contributed by atoms with E-state index < -0.39 is 11.8 Å². The number of benzene rings is 1. The normalized spacial score (nSPS) is 18.9. The van der Waals surface area contributed by atoms with Gasteiger partial charge in [0.05, 0.1) is 11.3 Å². The number of aromatic nitrogens is 1. The van der Waals surface area contributed by atoms with Crippen LogP contribution >= 0.6 is 0 Å². The first-order valence-corrected chi connectivity index (χ1v) is 6.22. The van der Waals surface area contributed by atoms with Gasteiger partial charge in [0.1, 0.15) is 11.3 Å². The highest BCUT2D eigenvalue weighted by molar-refractivity contribution is 6.02. The van der Waals surface area contributed by atoms with Crippen LogP contribution in [0.25, 0.3) is 10.9 Å². The summed E-state index contributed by atoms with van der Waals surface area (Å²) in [6.45, 7) is 0.879. The Kier molecular flexibility index (Phi) is 2.91. The third kappa shape index (κ3) is 2.06. The molecule has 3 rings (SSSR count). The van der Waals surface area contributed by atoms with Gasteiger partial charge in [-0.25, -0.2) is 14.2 Å². The number of para-hydroxylation sites is 1. The van der Waals surface area contributed by atoms with Gasteiger partial charge >= 0.3 is 5.97 Å². The topological polar surface area (TPSA) is 62.2 Å². The first kappa shape index (κ1) is 12.0. The van der Waals surface area contributed by atoms with Crippen molar-refractivity contribution in [2.75, 3.05) is 6.54 Å². The van der Waals surface area contributed by atoms with E-state index in [1.807, 2.05) is 0 Å². The van der Waals surface area contributed by atoms with E-state index in [4.69, 9.17) is 0 Å². The molecule has 2 N–H and O–H groups in total.